The van der Waals surface area contributed by atoms with E-state index in [9.17, 15) is 4.39 Å². The number of aryl methyl sites for hydroxylation is 1. The number of nitrogens with two attached hydrogens (primary N) is 1. The van der Waals surface area contributed by atoms with E-state index in [1.54, 1.807) is 16.8 Å². The molecule has 1 heterocycles. The van der Waals surface area contributed by atoms with Gasteiger partial charge in [0.1, 0.15) is 0 Å². The number of hydrogen-bond acceptors (Lipinski definition) is 3. The lowest BCUT2D eigenvalue weighted by atomic mass is 10.1. The normalized spacial score (nSPS) is 10.6. The minimum atomic E-state index is -0.398. The maximum atomic E-state index is 13.5. The molecule has 0 unspecified atom stereocenters. The van der Waals surface area contributed by atoms with E-state index in [-0.39, 0.29) is 5.75 Å². The van der Waals surface area contributed by atoms with Crippen LogP contribution in [0.5, 0.6) is 5.75 Å². The summed E-state index contributed by atoms with van der Waals surface area (Å²) in [6.07, 6.45) is 0. The fourth-order valence-corrected chi connectivity index (χ4v) is 1.66. The third kappa shape index (κ3) is 2.14. The summed E-state index contributed by atoms with van der Waals surface area (Å²) in [6.45, 7) is 0.405. The number of hydrogen-bond donors (Lipinski definition) is 1. The first-order valence-corrected chi connectivity index (χ1v) is 5.22. The molecule has 0 saturated heterocycles. The number of benzene rings is 1. The van der Waals surface area contributed by atoms with E-state index in [0.717, 1.165) is 5.69 Å². The van der Waals surface area contributed by atoms with Crippen LogP contribution in [0.25, 0.3) is 11.3 Å². The van der Waals surface area contributed by atoms with Crippen molar-refractivity contribution in [2.24, 2.45) is 12.8 Å². The van der Waals surface area contributed by atoms with Gasteiger partial charge in [0.05, 0.1) is 18.5 Å². The first-order valence-electron chi connectivity index (χ1n) is 5.22. The monoisotopic (exact) mass is 235 g/mol. The van der Waals surface area contributed by atoms with Crippen molar-refractivity contribution < 1.29 is 9.13 Å². The van der Waals surface area contributed by atoms with Crippen LogP contribution >= 0.6 is 0 Å². The molecule has 0 atom stereocenters. The van der Waals surface area contributed by atoms with Crippen molar-refractivity contribution in [3.05, 3.63) is 35.8 Å². The number of aromatic nitrogens is 2. The molecule has 0 saturated carbocycles. The van der Waals surface area contributed by atoms with Gasteiger partial charge in [0.2, 0.25) is 0 Å². The minimum absolute atomic E-state index is 0.226. The zero-order valence-electron chi connectivity index (χ0n) is 9.77. The molecular formula is C12H14FN3O. The zero-order chi connectivity index (χ0) is 12.4. The molecule has 5 heteroatoms. The lowest BCUT2D eigenvalue weighted by molar-refractivity contribution is 0.386. The Morgan fingerprint density at radius 1 is 1.41 bits per heavy atom. The molecule has 90 valence electrons. The van der Waals surface area contributed by atoms with Gasteiger partial charge >= 0.3 is 0 Å². The summed E-state index contributed by atoms with van der Waals surface area (Å²) >= 11 is 0. The highest BCUT2D eigenvalue weighted by Crippen LogP contribution is 2.24. The van der Waals surface area contributed by atoms with Gasteiger partial charge in [0, 0.05) is 19.2 Å². The van der Waals surface area contributed by atoms with Gasteiger partial charge in [0.15, 0.2) is 11.6 Å². The Labute approximate surface area is 98.8 Å². The molecule has 0 fully saturated rings. The summed E-state index contributed by atoms with van der Waals surface area (Å²) in [5.41, 5.74) is 7.87. The van der Waals surface area contributed by atoms with E-state index in [4.69, 9.17) is 10.5 Å². The fourth-order valence-electron chi connectivity index (χ4n) is 1.66. The summed E-state index contributed by atoms with van der Waals surface area (Å²) in [5.74, 6) is -0.173. The zero-order valence-corrected chi connectivity index (χ0v) is 9.77. The average molecular weight is 235 g/mol. The number of methoxy groups -OCH3 is 1. The Hall–Kier alpha value is -1.88. The van der Waals surface area contributed by atoms with E-state index < -0.39 is 5.82 Å². The maximum absolute atomic E-state index is 13.5. The molecule has 1 aromatic heterocycles. The summed E-state index contributed by atoms with van der Waals surface area (Å²) in [5, 5.41) is 4.28. The summed E-state index contributed by atoms with van der Waals surface area (Å²) < 4.78 is 20.1. The molecule has 2 aromatic rings. The van der Waals surface area contributed by atoms with Crippen LogP contribution in [-0.2, 0) is 13.6 Å². The Morgan fingerprint density at radius 2 is 2.18 bits per heavy atom. The molecule has 0 amide bonds. The predicted molar refractivity (Wildman–Crippen MR) is 63.0 cm³/mol. The second kappa shape index (κ2) is 4.55. The topological polar surface area (TPSA) is 53.1 Å². The van der Waals surface area contributed by atoms with Crippen molar-refractivity contribution in [1.82, 2.24) is 9.78 Å². The number of rotatable bonds is 3. The van der Waals surface area contributed by atoms with E-state index in [1.165, 1.54) is 13.2 Å². The summed E-state index contributed by atoms with van der Waals surface area (Å²) in [7, 11) is 3.25. The van der Waals surface area contributed by atoms with Crippen LogP contribution in [-0.4, -0.2) is 16.9 Å². The molecule has 4 nitrogen and oxygen atoms in total. The second-order valence-corrected chi connectivity index (χ2v) is 3.70. The number of ether oxygens (including phenoxy) is 1. The van der Waals surface area contributed by atoms with Crippen LogP contribution in [0.4, 0.5) is 4.39 Å². The SMILES string of the molecule is COc1ccc(-c2cc(CN)n(C)n2)cc1F. The van der Waals surface area contributed by atoms with E-state index in [2.05, 4.69) is 5.10 Å². The van der Waals surface area contributed by atoms with Gasteiger partial charge in [-0.25, -0.2) is 4.39 Å². The quantitative estimate of drug-likeness (QED) is 0.880. The van der Waals surface area contributed by atoms with Gasteiger partial charge in [-0.2, -0.15) is 5.10 Å². The molecule has 17 heavy (non-hydrogen) atoms. The van der Waals surface area contributed by atoms with Crippen molar-refractivity contribution in [2.75, 3.05) is 7.11 Å². The Kier molecular flexibility index (Phi) is 3.10. The molecule has 0 aliphatic rings. The van der Waals surface area contributed by atoms with Gasteiger partial charge < -0.3 is 10.5 Å². The van der Waals surface area contributed by atoms with Gasteiger partial charge in [-0.1, -0.05) is 0 Å². The Balaban J connectivity index is 2.42. The van der Waals surface area contributed by atoms with Crippen LogP contribution in [0.1, 0.15) is 5.69 Å². The minimum Gasteiger partial charge on any atom is -0.494 e. The van der Waals surface area contributed by atoms with Crippen LogP contribution in [0.3, 0.4) is 0 Å². The third-order valence-electron chi connectivity index (χ3n) is 2.63. The summed E-state index contributed by atoms with van der Waals surface area (Å²) in [4.78, 5) is 0. The molecule has 1 aromatic carbocycles. The van der Waals surface area contributed by atoms with Crippen molar-refractivity contribution in [3.63, 3.8) is 0 Å². The highest BCUT2D eigenvalue weighted by atomic mass is 19.1. The van der Waals surface area contributed by atoms with Crippen molar-refractivity contribution in [1.29, 1.82) is 0 Å². The van der Waals surface area contributed by atoms with Crippen LogP contribution in [0, 0.1) is 5.82 Å². The standard InChI is InChI=1S/C12H14FN3O/c1-16-9(7-14)6-11(15-16)8-3-4-12(17-2)10(13)5-8/h3-6H,7,14H2,1-2H3. The molecule has 0 aliphatic heterocycles. The van der Waals surface area contributed by atoms with Gasteiger partial charge in [-0.3, -0.25) is 4.68 Å². The lowest BCUT2D eigenvalue weighted by Crippen LogP contribution is -2.03. The average Bonchev–Trinajstić information content (AvgIpc) is 2.70. The fraction of sp³-hybridized carbons (Fsp3) is 0.250. The van der Waals surface area contributed by atoms with Crippen LogP contribution in [0.2, 0.25) is 0 Å². The van der Waals surface area contributed by atoms with E-state index in [1.807, 2.05) is 13.1 Å². The first-order chi connectivity index (χ1) is 8.15. The van der Waals surface area contributed by atoms with Crippen molar-refractivity contribution in [2.45, 2.75) is 6.54 Å². The highest BCUT2D eigenvalue weighted by Gasteiger charge is 2.09. The van der Waals surface area contributed by atoms with Crippen LogP contribution in [0.15, 0.2) is 24.3 Å². The molecule has 2 rings (SSSR count). The predicted octanol–water partition coefficient (Wildman–Crippen LogP) is 1.69. The number of halogens is 1. The van der Waals surface area contributed by atoms with Crippen molar-refractivity contribution in [3.8, 4) is 17.0 Å². The maximum Gasteiger partial charge on any atom is 0.165 e. The summed E-state index contributed by atoms with van der Waals surface area (Å²) in [6, 6.07) is 6.61. The van der Waals surface area contributed by atoms with E-state index in [0.29, 0.717) is 17.8 Å². The van der Waals surface area contributed by atoms with Crippen molar-refractivity contribution >= 4 is 0 Å². The smallest absolute Gasteiger partial charge is 0.165 e. The Morgan fingerprint density at radius 3 is 2.71 bits per heavy atom. The largest absolute Gasteiger partial charge is 0.494 e. The third-order valence-corrected chi connectivity index (χ3v) is 2.63. The molecule has 0 bridgehead atoms. The van der Waals surface area contributed by atoms with Gasteiger partial charge in [0.25, 0.3) is 0 Å². The molecule has 0 aliphatic carbocycles. The second-order valence-electron chi connectivity index (χ2n) is 3.70. The number of nitrogens with zero attached hydrogens (tertiary/aromatic N) is 2. The van der Waals surface area contributed by atoms with Crippen LogP contribution < -0.4 is 10.5 Å². The molecule has 0 radical (unpaired) electrons. The highest BCUT2D eigenvalue weighted by molar-refractivity contribution is 5.60. The molecule has 0 spiro atoms. The Bertz CT molecular complexity index is 537. The van der Waals surface area contributed by atoms with E-state index >= 15 is 0 Å². The molecular weight excluding hydrogens is 221 g/mol. The van der Waals surface area contributed by atoms with Gasteiger partial charge in [-0.05, 0) is 24.3 Å². The first kappa shape index (κ1) is 11.6. The molecule has 2 N–H and O–H groups in total. The van der Waals surface area contributed by atoms with Gasteiger partial charge in [-0.15, -0.1) is 0 Å². The lowest BCUT2D eigenvalue weighted by Gasteiger charge is -2.02.